The Morgan fingerprint density at radius 2 is 1.57 bits per heavy atom. The smallest absolute Gasteiger partial charge is 0.138 e. The molecule has 0 spiro atoms. The molecule has 5 nitrogen and oxygen atoms in total. The van der Waals surface area contributed by atoms with E-state index in [1.807, 2.05) is 25.1 Å². The fourth-order valence-corrected chi connectivity index (χ4v) is 3.72. The van der Waals surface area contributed by atoms with Crippen LogP contribution < -0.4 is 9.80 Å². The normalized spacial score (nSPS) is 14.9. The molecule has 2 aromatic carbocycles. The van der Waals surface area contributed by atoms with Crippen molar-refractivity contribution >= 4 is 23.4 Å². The number of piperazine rings is 1. The first kappa shape index (κ1) is 20.1. The van der Waals surface area contributed by atoms with Crippen LogP contribution in [0, 0.1) is 6.92 Å². The van der Waals surface area contributed by atoms with Crippen LogP contribution in [0.3, 0.4) is 0 Å². The Hall–Kier alpha value is -3.18. The molecular weight excluding hydrogens is 370 g/mol. The Morgan fingerprint density at radius 1 is 0.900 bits per heavy atom. The molecule has 1 saturated heterocycles. The maximum absolute atomic E-state index is 4.72. The van der Waals surface area contributed by atoms with Crippen molar-refractivity contribution in [1.82, 2.24) is 14.9 Å². The molecule has 1 aliphatic heterocycles. The summed E-state index contributed by atoms with van der Waals surface area (Å²) in [6.07, 6.45) is 4.46. The minimum absolute atomic E-state index is 0.804. The molecule has 0 bridgehead atoms. The van der Waals surface area contributed by atoms with E-state index in [1.165, 1.54) is 5.56 Å². The third-order valence-corrected chi connectivity index (χ3v) is 5.47. The minimum Gasteiger partial charge on any atom is -0.354 e. The summed E-state index contributed by atoms with van der Waals surface area (Å²) in [5.74, 6) is 2.75. The molecule has 2 heterocycles. The van der Waals surface area contributed by atoms with Crippen LogP contribution in [0.1, 0.15) is 11.4 Å². The first-order chi connectivity index (χ1) is 14.7. The van der Waals surface area contributed by atoms with Crippen molar-refractivity contribution in [3.8, 4) is 0 Å². The number of para-hydroxylation sites is 1. The molecule has 0 radical (unpaired) electrons. The SMILES string of the molecule is Cc1nc(N2CCN(C/C=C/c3ccccc3)CC2)cc(N(C)c2ccccc2)n1. The molecule has 5 heteroatoms. The van der Waals surface area contributed by atoms with Crippen LogP contribution in [0.5, 0.6) is 0 Å². The number of benzene rings is 2. The van der Waals surface area contributed by atoms with E-state index in [0.29, 0.717) is 0 Å². The highest BCUT2D eigenvalue weighted by Crippen LogP contribution is 2.25. The molecule has 1 aliphatic rings. The van der Waals surface area contributed by atoms with Gasteiger partial charge < -0.3 is 9.80 Å². The third-order valence-electron chi connectivity index (χ3n) is 5.47. The molecule has 1 aromatic heterocycles. The maximum atomic E-state index is 4.72. The fraction of sp³-hybridized carbons (Fsp3) is 0.280. The van der Waals surface area contributed by atoms with Crippen LogP contribution in [0.25, 0.3) is 6.08 Å². The molecule has 1 fully saturated rings. The fourth-order valence-electron chi connectivity index (χ4n) is 3.72. The van der Waals surface area contributed by atoms with Gasteiger partial charge in [0.05, 0.1) is 0 Å². The topological polar surface area (TPSA) is 35.5 Å². The number of nitrogens with zero attached hydrogens (tertiary/aromatic N) is 5. The third kappa shape index (κ3) is 5.05. The van der Waals surface area contributed by atoms with Gasteiger partial charge in [0.25, 0.3) is 0 Å². The summed E-state index contributed by atoms with van der Waals surface area (Å²) in [5, 5.41) is 0. The van der Waals surface area contributed by atoms with Gasteiger partial charge in [-0.2, -0.15) is 0 Å². The zero-order valence-electron chi connectivity index (χ0n) is 17.8. The van der Waals surface area contributed by atoms with E-state index >= 15 is 0 Å². The molecule has 4 rings (SSSR count). The first-order valence-corrected chi connectivity index (χ1v) is 10.5. The van der Waals surface area contributed by atoms with Gasteiger partial charge >= 0.3 is 0 Å². The largest absolute Gasteiger partial charge is 0.354 e. The van der Waals surface area contributed by atoms with E-state index in [4.69, 9.17) is 4.98 Å². The van der Waals surface area contributed by atoms with Gasteiger partial charge in [-0.25, -0.2) is 9.97 Å². The Kier molecular flexibility index (Phi) is 6.40. The molecule has 0 atom stereocenters. The number of hydrogen-bond donors (Lipinski definition) is 0. The molecule has 154 valence electrons. The molecule has 0 amide bonds. The Bertz CT molecular complexity index is 963. The van der Waals surface area contributed by atoms with E-state index in [9.17, 15) is 0 Å². The molecule has 0 unspecified atom stereocenters. The van der Waals surface area contributed by atoms with E-state index in [2.05, 4.69) is 87.4 Å². The van der Waals surface area contributed by atoms with Crippen LogP contribution in [0.4, 0.5) is 17.3 Å². The Balaban J connectivity index is 1.37. The molecule has 0 N–H and O–H groups in total. The maximum Gasteiger partial charge on any atom is 0.138 e. The predicted molar refractivity (Wildman–Crippen MR) is 125 cm³/mol. The lowest BCUT2D eigenvalue weighted by Crippen LogP contribution is -2.46. The van der Waals surface area contributed by atoms with Crippen LogP contribution in [-0.2, 0) is 0 Å². The van der Waals surface area contributed by atoms with Gasteiger partial charge in [-0.3, -0.25) is 4.90 Å². The van der Waals surface area contributed by atoms with Crippen molar-refractivity contribution < 1.29 is 0 Å². The number of hydrogen-bond acceptors (Lipinski definition) is 5. The standard InChI is InChI=1S/C25H29N5/c1-21-26-24(28(2)23-13-7-4-8-14-23)20-25(27-21)30-18-16-29(17-19-30)15-9-12-22-10-5-3-6-11-22/h3-14,20H,15-19H2,1-2H3/b12-9+. The summed E-state index contributed by atoms with van der Waals surface area (Å²) >= 11 is 0. The quantitative estimate of drug-likeness (QED) is 0.614. The van der Waals surface area contributed by atoms with Crippen molar-refractivity contribution in [2.75, 3.05) is 49.6 Å². The van der Waals surface area contributed by atoms with E-state index < -0.39 is 0 Å². The van der Waals surface area contributed by atoms with E-state index in [-0.39, 0.29) is 0 Å². The number of aryl methyl sites for hydroxylation is 1. The monoisotopic (exact) mass is 399 g/mol. The van der Waals surface area contributed by atoms with Crippen LogP contribution in [0.2, 0.25) is 0 Å². The summed E-state index contributed by atoms with van der Waals surface area (Å²) in [6, 6.07) is 22.9. The van der Waals surface area contributed by atoms with Crippen LogP contribution in [-0.4, -0.2) is 54.6 Å². The highest BCUT2D eigenvalue weighted by molar-refractivity contribution is 5.62. The van der Waals surface area contributed by atoms with Crippen LogP contribution >= 0.6 is 0 Å². The second kappa shape index (κ2) is 9.55. The molecule has 0 saturated carbocycles. The van der Waals surface area contributed by atoms with Crippen molar-refractivity contribution in [2.24, 2.45) is 0 Å². The van der Waals surface area contributed by atoms with Crippen molar-refractivity contribution in [1.29, 1.82) is 0 Å². The number of aromatic nitrogens is 2. The van der Waals surface area contributed by atoms with Gasteiger partial charge in [0.15, 0.2) is 0 Å². The van der Waals surface area contributed by atoms with Gasteiger partial charge in [-0.1, -0.05) is 60.7 Å². The Morgan fingerprint density at radius 3 is 2.27 bits per heavy atom. The van der Waals surface area contributed by atoms with Crippen molar-refractivity contribution in [2.45, 2.75) is 6.92 Å². The summed E-state index contributed by atoms with van der Waals surface area (Å²) in [6.45, 7) is 6.97. The zero-order valence-corrected chi connectivity index (χ0v) is 17.8. The molecule has 0 aliphatic carbocycles. The van der Waals surface area contributed by atoms with Gasteiger partial charge in [0.1, 0.15) is 17.5 Å². The van der Waals surface area contributed by atoms with Gasteiger partial charge in [0, 0.05) is 51.5 Å². The summed E-state index contributed by atoms with van der Waals surface area (Å²) in [5.41, 5.74) is 2.37. The summed E-state index contributed by atoms with van der Waals surface area (Å²) < 4.78 is 0. The Labute approximate surface area is 179 Å². The van der Waals surface area contributed by atoms with Gasteiger partial charge in [0.2, 0.25) is 0 Å². The summed E-state index contributed by atoms with van der Waals surface area (Å²) in [4.78, 5) is 16.3. The second-order valence-electron chi connectivity index (χ2n) is 7.63. The van der Waals surface area contributed by atoms with Crippen molar-refractivity contribution in [3.63, 3.8) is 0 Å². The van der Waals surface area contributed by atoms with E-state index in [0.717, 1.165) is 55.9 Å². The lowest BCUT2D eigenvalue weighted by Gasteiger charge is -2.35. The highest BCUT2D eigenvalue weighted by atomic mass is 15.3. The van der Waals surface area contributed by atoms with Gasteiger partial charge in [-0.15, -0.1) is 0 Å². The predicted octanol–water partition coefficient (Wildman–Crippen LogP) is 4.39. The number of anilines is 3. The molecule has 30 heavy (non-hydrogen) atoms. The average molecular weight is 400 g/mol. The lowest BCUT2D eigenvalue weighted by atomic mass is 10.2. The average Bonchev–Trinajstić information content (AvgIpc) is 2.80. The summed E-state index contributed by atoms with van der Waals surface area (Å²) in [7, 11) is 2.05. The highest BCUT2D eigenvalue weighted by Gasteiger charge is 2.19. The minimum atomic E-state index is 0.804. The molecular formula is C25H29N5. The van der Waals surface area contributed by atoms with Gasteiger partial charge in [-0.05, 0) is 24.6 Å². The lowest BCUT2D eigenvalue weighted by molar-refractivity contribution is 0.283. The van der Waals surface area contributed by atoms with E-state index in [1.54, 1.807) is 0 Å². The first-order valence-electron chi connectivity index (χ1n) is 10.5. The second-order valence-corrected chi connectivity index (χ2v) is 7.63. The molecule has 3 aromatic rings. The number of rotatable bonds is 6. The zero-order chi connectivity index (χ0) is 20.8. The van der Waals surface area contributed by atoms with Crippen LogP contribution in [0.15, 0.2) is 72.8 Å². The van der Waals surface area contributed by atoms with Crippen molar-refractivity contribution in [3.05, 3.63) is 84.2 Å².